The molecule has 7 atom stereocenters. The zero-order valence-corrected chi connectivity index (χ0v) is 37.4. The number of unbranched alkanes of at least 4 members (excludes halogenated alkanes) is 5. The van der Waals surface area contributed by atoms with Crippen molar-refractivity contribution < 1.29 is 72.0 Å². The predicted molar refractivity (Wildman–Crippen MR) is 230 cm³/mol. The fourth-order valence-electron chi connectivity index (χ4n) is 6.70. The lowest BCUT2D eigenvalue weighted by atomic mass is 9.94. The van der Waals surface area contributed by atoms with Gasteiger partial charge in [-0.2, -0.15) is 4.98 Å². The first-order chi connectivity index (χ1) is 31.3. The van der Waals surface area contributed by atoms with Crippen LogP contribution in [0.25, 0.3) is 0 Å². The van der Waals surface area contributed by atoms with Crippen LogP contribution in [0, 0.1) is 17.7 Å². The third-order valence-corrected chi connectivity index (χ3v) is 10.5. The van der Waals surface area contributed by atoms with Crippen LogP contribution < -0.4 is 32.9 Å². The number of carbonyl (C=O) groups excluding carboxylic acids is 8. The van der Waals surface area contributed by atoms with Gasteiger partial charge in [-0.25, -0.2) is 24.3 Å². The number of hydrogen-bond acceptors (Lipinski definition) is 16. The number of hydroxylamine groups is 1. The zero-order valence-electron chi connectivity index (χ0n) is 37.4. The van der Waals surface area contributed by atoms with Gasteiger partial charge in [-0.15, -0.1) is 0 Å². The van der Waals surface area contributed by atoms with E-state index in [0.29, 0.717) is 48.4 Å². The van der Waals surface area contributed by atoms with E-state index in [4.69, 9.17) is 29.9 Å². The second-order valence-electron chi connectivity index (χ2n) is 16.0. The minimum absolute atomic E-state index is 0.0500. The summed E-state index contributed by atoms with van der Waals surface area (Å²) < 4.78 is 36.5. The topological polar surface area (TPSA) is 323 Å². The SMILES string of the molecule is CCCCCOC(=O)Nc1nc(=O)n([C@@H]2O[C@H](C)[C@@H](OC(=O)OCc3ccc(NC(=O)[C@H](CC(N)=O)CC(=O)[C@H](C)NC(=O)[C@H](C)CC(=O)CCCCCCC(=O)NO)cc3)[C@H]2O)cc1F. The van der Waals surface area contributed by atoms with Crippen LogP contribution in [-0.2, 0) is 54.3 Å². The van der Waals surface area contributed by atoms with Gasteiger partial charge < -0.3 is 40.4 Å². The molecule has 1 aliphatic heterocycles. The van der Waals surface area contributed by atoms with Crippen LogP contribution in [0.4, 0.5) is 25.5 Å². The average Bonchev–Trinajstić information content (AvgIpc) is 3.54. The first-order valence-electron chi connectivity index (χ1n) is 21.7. The molecule has 66 heavy (non-hydrogen) atoms. The molecule has 0 spiro atoms. The molecular formula is C43H60FN7O15. The Hall–Kier alpha value is -6.33. The summed E-state index contributed by atoms with van der Waals surface area (Å²) in [4.78, 5) is 115. The molecule has 1 fully saturated rings. The number of anilines is 2. The van der Waals surface area contributed by atoms with Crippen LogP contribution in [-0.4, -0.2) is 98.3 Å². The lowest BCUT2D eigenvalue weighted by molar-refractivity contribution is -0.133. The van der Waals surface area contributed by atoms with Gasteiger partial charge in [0.25, 0.3) is 0 Å². The second-order valence-corrected chi connectivity index (χ2v) is 16.0. The van der Waals surface area contributed by atoms with Gasteiger partial charge in [0.2, 0.25) is 23.6 Å². The van der Waals surface area contributed by atoms with E-state index >= 15 is 0 Å². The maximum Gasteiger partial charge on any atom is 0.509 e. The molecule has 0 bridgehead atoms. The molecule has 0 radical (unpaired) electrons. The Balaban J connectivity index is 1.47. The Morgan fingerprint density at radius 3 is 2.24 bits per heavy atom. The molecule has 0 aliphatic carbocycles. The van der Waals surface area contributed by atoms with Crippen molar-refractivity contribution in [2.45, 2.75) is 142 Å². The number of halogens is 1. The molecule has 1 aromatic carbocycles. The lowest BCUT2D eigenvalue weighted by Crippen LogP contribution is -2.43. The number of benzene rings is 1. The van der Waals surface area contributed by atoms with Crippen molar-refractivity contribution in [2.75, 3.05) is 17.2 Å². The summed E-state index contributed by atoms with van der Waals surface area (Å²) in [6.45, 7) is 6.12. The van der Waals surface area contributed by atoms with Crippen molar-refractivity contribution in [1.29, 1.82) is 0 Å². The Bertz CT molecular complexity index is 2070. The number of aromatic nitrogens is 2. The van der Waals surface area contributed by atoms with E-state index in [1.807, 2.05) is 6.92 Å². The number of nitrogens with two attached hydrogens (primary N) is 1. The molecule has 2 heterocycles. The minimum atomic E-state index is -1.67. The standard InChI is InChI=1S/C43H60FN7O15/c1-5-6-11-18-63-42(60)49-37-31(44)22-51(41(59)48-37)40-35(56)36(26(4)65-40)66-43(61)64-23-27-14-16-29(17-15-27)47-39(58)28(21-33(45)54)20-32(53)25(3)46-38(57)24(2)19-30(52)12-9-7-8-10-13-34(55)50-62/h14-17,22,24-26,28,35-36,40,56,62H,5-13,18-21,23H2,1-4H3,(H2,45,54)(H,46,57)(H,47,58)(H,50,55)(H,48,49,59,60)/t24-,25+,26-,28+,35-,36-,40-/m1/s1. The Morgan fingerprint density at radius 1 is 0.909 bits per heavy atom. The van der Waals surface area contributed by atoms with Gasteiger partial charge in [-0.1, -0.05) is 51.7 Å². The van der Waals surface area contributed by atoms with E-state index in [1.54, 1.807) is 12.4 Å². The summed E-state index contributed by atoms with van der Waals surface area (Å²) in [6, 6.07) is 4.85. The number of rotatable bonds is 27. The van der Waals surface area contributed by atoms with E-state index < -0.39 is 114 Å². The molecule has 5 amide bonds. The van der Waals surface area contributed by atoms with Crippen LogP contribution in [0.5, 0.6) is 0 Å². The fraction of sp³-hybridized carbons (Fsp3) is 0.581. The predicted octanol–water partition coefficient (Wildman–Crippen LogP) is 3.46. The maximum absolute atomic E-state index is 14.8. The van der Waals surface area contributed by atoms with Crippen LogP contribution in [0.1, 0.15) is 117 Å². The van der Waals surface area contributed by atoms with E-state index in [1.165, 1.54) is 38.1 Å². The number of nitrogens with zero attached hydrogens (tertiary/aromatic N) is 2. The fourth-order valence-corrected chi connectivity index (χ4v) is 6.70. The number of ether oxygens (including phenoxy) is 4. The molecule has 0 unspecified atom stereocenters. The molecule has 22 nitrogen and oxygen atoms in total. The summed E-state index contributed by atoms with van der Waals surface area (Å²) >= 11 is 0. The third kappa shape index (κ3) is 17.9. The highest BCUT2D eigenvalue weighted by Crippen LogP contribution is 2.31. The number of aliphatic hydroxyl groups is 1. The summed E-state index contributed by atoms with van der Waals surface area (Å²) in [5.74, 6) is -7.02. The van der Waals surface area contributed by atoms with Crippen LogP contribution in [0.3, 0.4) is 0 Å². The average molecular weight is 934 g/mol. The second kappa shape index (κ2) is 27.2. The van der Waals surface area contributed by atoms with Crippen molar-refractivity contribution in [3.8, 4) is 0 Å². The van der Waals surface area contributed by atoms with Crippen molar-refractivity contribution in [3.63, 3.8) is 0 Å². The van der Waals surface area contributed by atoms with Crippen molar-refractivity contribution in [2.24, 2.45) is 17.6 Å². The van der Waals surface area contributed by atoms with Gasteiger partial charge in [0.15, 0.2) is 29.8 Å². The molecule has 364 valence electrons. The van der Waals surface area contributed by atoms with Crippen LogP contribution >= 0.6 is 0 Å². The van der Waals surface area contributed by atoms with E-state index in [0.717, 1.165) is 12.8 Å². The highest BCUT2D eigenvalue weighted by atomic mass is 19.1. The Labute approximate surface area is 379 Å². The maximum atomic E-state index is 14.8. The van der Waals surface area contributed by atoms with Crippen molar-refractivity contribution in [1.82, 2.24) is 20.3 Å². The Morgan fingerprint density at radius 2 is 1.59 bits per heavy atom. The van der Waals surface area contributed by atoms with Gasteiger partial charge in [0.05, 0.1) is 30.9 Å². The van der Waals surface area contributed by atoms with Crippen LogP contribution in [0.15, 0.2) is 35.3 Å². The van der Waals surface area contributed by atoms with Gasteiger partial charge >= 0.3 is 17.9 Å². The number of hydrogen-bond donors (Lipinski definition) is 7. The molecule has 8 N–H and O–H groups in total. The third-order valence-electron chi connectivity index (χ3n) is 10.5. The minimum Gasteiger partial charge on any atom is -0.449 e. The number of carbonyl (C=O) groups is 8. The summed E-state index contributed by atoms with van der Waals surface area (Å²) in [5.41, 5.74) is 6.52. The van der Waals surface area contributed by atoms with E-state index in [9.17, 15) is 52.6 Å². The molecule has 3 rings (SSSR count). The number of ketones is 2. The summed E-state index contributed by atoms with van der Waals surface area (Å²) in [5, 5.41) is 26.6. The number of Topliss-reactive ketones (excluding diaryl/α,β-unsaturated/α-hetero) is 2. The molecular weight excluding hydrogens is 874 g/mol. The molecule has 0 saturated carbocycles. The highest BCUT2D eigenvalue weighted by molar-refractivity contribution is 5.99. The summed E-state index contributed by atoms with van der Waals surface area (Å²) in [7, 11) is 0. The largest absolute Gasteiger partial charge is 0.509 e. The normalized spacial score (nSPS) is 17.9. The molecule has 1 aliphatic rings. The quantitative estimate of drug-likeness (QED) is 0.0292. The van der Waals surface area contributed by atoms with Crippen molar-refractivity contribution >= 4 is 58.9 Å². The number of primary amides is 1. The first kappa shape index (κ1) is 54.0. The summed E-state index contributed by atoms with van der Waals surface area (Å²) in [6.07, 6.45) is -2.83. The van der Waals surface area contributed by atoms with Gasteiger partial charge in [-0.3, -0.25) is 43.9 Å². The zero-order chi connectivity index (χ0) is 48.9. The Kier molecular flexibility index (Phi) is 22.3. The first-order valence-corrected chi connectivity index (χ1v) is 21.7. The number of aliphatic hydroxyl groups excluding tert-OH is 1. The van der Waals surface area contributed by atoms with Crippen molar-refractivity contribution in [3.05, 3.63) is 52.3 Å². The van der Waals surface area contributed by atoms with Gasteiger partial charge in [0.1, 0.15) is 18.5 Å². The molecule has 1 aromatic heterocycles. The highest BCUT2D eigenvalue weighted by Gasteiger charge is 2.46. The van der Waals surface area contributed by atoms with E-state index in [2.05, 4.69) is 20.9 Å². The number of nitrogens with one attached hydrogen (secondary N) is 4. The number of amides is 5. The smallest absolute Gasteiger partial charge is 0.449 e. The van der Waals surface area contributed by atoms with Crippen LogP contribution in [0.2, 0.25) is 0 Å². The lowest BCUT2D eigenvalue weighted by Gasteiger charge is -2.20. The van der Waals surface area contributed by atoms with E-state index in [-0.39, 0.29) is 43.9 Å². The van der Waals surface area contributed by atoms with Gasteiger partial charge in [-0.05, 0) is 50.8 Å². The van der Waals surface area contributed by atoms with Gasteiger partial charge in [0, 0.05) is 43.7 Å². The molecule has 1 saturated heterocycles. The molecule has 23 heteroatoms. The molecule has 2 aromatic rings. The monoisotopic (exact) mass is 933 g/mol.